The second kappa shape index (κ2) is 5.86. The number of benzene rings is 1. The topological polar surface area (TPSA) is 47.0 Å². The van der Waals surface area contributed by atoms with E-state index in [0.29, 0.717) is 27.1 Å². The molecular formula is C11H8Br2ClN3O. The molecule has 0 aliphatic rings. The van der Waals surface area contributed by atoms with Crippen LogP contribution in [0.5, 0.6) is 11.6 Å². The van der Waals surface area contributed by atoms with Crippen LogP contribution in [-0.2, 0) is 0 Å². The molecule has 1 N–H and O–H groups in total. The summed E-state index contributed by atoms with van der Waals surface area (Å²) in [4.78, 5) is 8.23. The van der Waals surface area contributed by atoms with Gasteiger partial charge in [-0.2, -0.15) is 4.98 Å². The van der Waals surface area contributed by atoms with E-state index in [1.165, 1.54) is 0 Å². The lowest BCUT2D eigenvalue weighted by molar-refractivity contribution is 0.459. The van der Waals surface area contributed by atoms with E-state index in [2.05, 4.69) is 47.1 Å². The first-order chi connectivity index (χ1) is 8.60. The molecule has 0 aliphatic carbocycles. The Bertz CT molecular complexity index is 580. The van der Waals surface area contributed by atoms with Crippen LogP contribution < -0.4 is 10.1 Å². The summed E-state index contributed by atoms with van der Waals surface area (Å²) in [7, 11) is 1.74. The zero-order valence-electron chi connectivity index (χ0n) is 9.25. The third kappa shape index (κ3) is 3.13. The largest absolute Gasteiger partial charge is 0.436 e. The van der Waals surface area contributed by atoms with Crippen molar-refractivity contribution < 1.29 is 4.74 Å². The van der Waals surface area contributed by atoms with Gasteiger partial charge < -0.3 is 10.1 Å². The summed E-state index contributed by atoms with van der Waals surface area (Å²) >= 11 is 12.7. The lowest BCUT2D eigenvalue weighted by atomic mass is 10.3. The lowest BCUT2D eigenvalue weighted by Crippen LogP contribution is -1.98. The Hall–Kier alpha value is -0.850. The summed E-state index contributed by atoms with van der Waals surface area (Å²) in [5.41, 5.74) is 0. The van der Waals surface area contributed by atoms with E-state index in [-0.39, 0.29) is 0 Å². The van der Waals surface area contributed by atoms with Crippen LogP contribution in [0.4, 0.5) is 5.95 Å². The molecule has 0 spiro atoms. The van der Waals surface area contributed by atoms with Crippen LogP contribution in [0.1, 0.15) is 0 Å². The van der Waals surface area contributed by atoms with Crippen molar-refractivity contribution in [1.82, 2.24) is 9.97 Å². The molecule has 2 rings (SSSR count). The molecule has 0 fully saturated rings. The van der Waals surface area contributed by atoms with Crippen LogP contribution in [0.15, 0.2) is 33.3 Å². The first-order valence-corrected chi connectivity index (χ1v) is 6.89. The predicted octanol–water partition coefficient (Wildman–Crippen LogP) is 4.49. The minimum atomic E-state index is 0.401. The molecule has 0 aliphatic heterocycles. The summed E-state index contributed by atoms with van der Waals surface area (Å²) in [5.74, 6) is 1.40. The molecule has 2 aromatic rings. The van der Waals surface area contributed by atoms with Gasteiger partial charge in [0.2, 0.25) is 11.8 Å². The third-order valence-electron chi connectivity index (χ3n) is 2.04. The number of nitrogens with one attached hydrogen (secondary N) is 1. The molecular weight excluding hydrogens is 385 g/mol. The maximum absolute atomic E-state index is 6.08. The molecule has 0 bridgehead atoms. The Morgan fingerprint density at radius 2 is 2.11 bits per heavy atom. The highest BCUT2D eigenvalue weighted by atomic mass is 79.9. The van der Waals surface area contributed by atoms with Crippen LogP contribution in [-0.4, -0.2) is 17.0 Å². The van der Waals surface area contributed by atoms with Crippen LogP contribution in [0.25, 0.3) is 0 Å². The molecule has 0 saturated heterocycles. The molecule has 1 heterocycles. The Kier molecular flexibility index (Phi) is 4.42. The number of hydrogen-bond donors (Lipinski definition) is 1. The zero-order valence-corrected chi connectivity index (χ0v) is 13.2. The van der Waals surface area contributed by atoms with Crippen molar-refractivity contribution in [2.45, 2.75) is 0 Å². The van der Waals surface area contributed by atoms with Crippen LogP contribution in [0.2, 0.25) is 5.02 Å². The number of nitrogens with zero attached hydrogens (tertiary/aromatic N) is 2. The second-order valence-electron chi connectivity index (χ2n) is 3.27. The van der Waals surface area contributed by atoms with Crippen LogP contribution >= 0.6 is 43.5 Å². The van der Waals surface area contributed by atoms with Gasteiger partial charge in [0.05, 0.1) is 15.7 Å². The number of anilines is 1. The third-order valence-corrected chi connectivity index (χ3v) is 3.37. The van der Waals surface area contributed by atoms with Crippen molar-refractivity contribution in [3.63, 3.8) is 0 Å². The average molecular weight is 393 g/mol. The Morgan fingerprint density at radius 3 is 2.78 bits per heavy atom. The van der Waals surface area contributed by atoms with Crippen molar-refractivity contribution in [3.05, 3.63) is 38.4 Å². The predicted molar refractivity (Wildman–Crippen MR) is 78.5 cm³/mol. The summed E-state index contributed by atoms with van der Waals surface area (Å²) < 4.78 is 7.19. The smallest absolute Gasteiger partial charge is 0.238 e. The standard InChI is InChI=1S/C11H8Br2ClN3O/c1-15-11-16-5-7(13)10(17-11)18-9-3-2-6(12)4-8(9)14/h2-5H,1H3,(H,15,16,17). The minimum absolute atomic E-state index is 0.401. The fourth-order valence-corrected chi connectivity index (χ4v) is 2.19. The van der Waals surface area contributed by atoms with E-state index in [0.717, 1.165) is 4.47 Å². The van der Waals surface area contributed by atoms with E-state index in [1.54, 1.807) is 25.4 Å². The molecule has 1 aromatic heterocycles. The molecule has 4 nitrogen and oxygen atoms in total. The van der Waals surface area contributed by atoms with E-state index < -0.39 is 0 Å². The fourth-order valence-electron chi connectivity index (χ4n) is 1.21. The van der Waals surface area contributed by atoms with E-state index in [1.807, 2.05) is 6.07 Å². The van der Waals surface area contributed by atoms with Gasteiger partial charge >= 0.3 is 0 Å². The van der Waals surface area contributed by atoms with Gasteiger partial charge in [0.15, 0.2) is 0 Å². The van der Waals surface area contributed by atoms with Gasteiger partial charge in [-0.3, -0.25) is 0 Å². The first kappa shape index (κ1) is 13.6. The van der Waals surface area contributed by atoms with E-state index in [4.69, 9.17) is 16.3 Å². The van der Waals surface area contributed by atoms with Gasteiger partial charge in [0.1, 0.15) is 5.75 Å². The van der Waals surface area contributed by atoms with E-state index in [9.17, 15) is 0 Å². The summed E-state index contributed by atoms with van der Waals surface area (Å²) in [6, 6.07) is 5.36. The summed E-state index contributed by atoms with van der Waals surface area (Å²) in [6.45, 7) is 0. The van der Waals surface area contributed by atoms with Crippen LogP contribution in [0, 0.1) is 0 Å². The van der Waals surface area contributed by atoms with Gasteiger partial charge in [-0.1, -0.05) is 27.5 Å². The maximum Gasteiger partial charge on any atom is 0.238 e. The molecule has 7 heteroatoms. The molecule has 18 heavy (non-hydrogen) atoms. The minimum Gasteiger partial charge on any atom is -0.436 e. The quantitative estimate of drug-likeness (QED) is 0.835. The molecule has 1 aromatic carbocycles. The summed E-state index contributed by atoms with van der Waals surface area (Å²) in [6.07, 6.45) is 1.61. The van der Waals surface area contributed by atoms with Gasteiger partial charge in [0.25, 0.3) is 0 Å². The highest BCUT2D eigenvalue weighted by Crippen LogP contribution is 2.33. The Balaban J connectivity index is 2.33. The van der Waals surface area contributed by atoms with E-state index >= 15 is 0 Å². The van der Waals surface area contributed by atoms with Gasteiger partial charge in [-0.15, -0.1) is 0 Å². The molecule has 0 unspecified atom stereocenters. The second-order valence-corrected chi connectivity index (χ2v) is 5.45. The molecule has 0 atom stereocenters. The normalized spacial score (nSPS) is 10.2. The number of rotatable bonds is 3. The average Bonchev–Trinajstić information content (AvgIpc) is 2.35. The molecule has 0 radical (unpaired) electrons. The SMILES string of the molecule is CNc1ncc(Br)c(Oc2ccc(Br)cc2Cl)n1. The van der Waals surface area contributed by atoms with Crippen molar-refractivity contribution >= 4 is 49.4 Å². The highest BCUT2D eigenvalue weighted by molar-refractivity contribution is 9.10. The first-order valence-electron chi connectivity index (χ1n) is 4.93. The summed E-state index contributed by atoms with van der Waals surface area (Å²) in [5, 5.41) is 3.34. The number of halogens is 3. The fraction of sp³-hybridized carbons (Fsp3) is 0.0909. The van der Waals surface area contributed by atoms with Gasteiger partial charge in [-0.05, 0) is 34.1 Å². The maximum atomic E-state index is 6.08. The number of aromatic nitrogens is 2. The lowest BCUT2D eigenvalue weighted by Gasteiger charge is -2.09. The zero-order chi connectivity index (χ0) is 13.1. The molecule has 94 valence electrons. The highest BCUT2D eigenvalue weighted by Gasteiger charge is 2.09. The van der Waals surface area contributed by atoms with Crippen LogP contribution in [0.3, 0.4) is 0 Å². The van der Waals surface area contributed by atoms with Crippen molar-refractivity contribution in [2.75, 3.05) is 12.4 Å². The number of hydrogen-bond acceptors (Lipinski definition) is 4. The van der Waals surface area contributed by atoms with Crippen molar-refractivity contribution in [1.29, 1.82) is 0 Å². The van der Waals surface area contributed by atoms with Gasteiger partial charge in [-0.25, -0.2) is 4.98 Å². The van der Waals surface area contributed by atoms with Gasteiger partial charge in [0, 0.05) is 11.5 Å². The Morgan fingerprint density at radius 1 is 1.33 bits per heavy atom. The molecule has 0 saturated carbocycles. The Labute approximate surface area is 126 Å². The number of ether oxygens (including phenoxy) is 1. The van der Waals surface area contributed by atoms with Crippen molar-refractivity contribution in [2.24, 2.45) is 0 Å². The van der Waals surface area contributed by atoms with Crippen molar-refractivity contribution in [3.8, 4) is 11.6 Å². The monoisotopic (exact) mass is 391 g/mol. The molecule has 0 amide bonds.